The van der Waals surface area contributed by atoms with Gasteiger partial charge in [0.15, 0.2) is 0 Å². The summed E-state index contributed by atoms with van der Waals surface area (Å²) in [5, 5.41) is 0. The standard InChI is InChI=1S/C5H8I2O/c1-2-3-4(6)5(7)8/h4H,2-3H2,1H3. The van der Waals surface area contributed by atoms with E-state index < -0.39 is 0 Å². The molecule has 0 rings (SSSR count). The van der Waals surface area contributed by atoms with Crippen LogP contribution >= 0.6 is 45.2 Å². The summed E-state index contributed by atoms with van der Waals surface area (Å²) in [6.45, 7) is 2.09. The molecular formula is C5H8I2O. The monoisotopic (exact) mass is 338 g/mol. The minimum atomic E-state index is 0.234. The summed E-state index contributed by atoms with van der Waals surface area (Å²) in [6, 6.07) is 0. The quantitative estimate of drug-likeness (QED) is 0.439. The fourth-order valence-corrected chi connectivity index (χ4v) is 1.30. The van der Waals surface area contributed by atoms with E-state index in [9.17, 15) is 4.79 Å². The first-order valence-electron chi connectivity index (χ1n) is 2.52. The van der Waals surface area contributed by atoms with Crippen LogP contribution in [0.15, 0.2) is 0 Å². The number of hydrogen-bond donors (Lipinski definition) is 0. The minimum Gasteiger partial charge on any atom is -0.287 e. The van der Waals surface area contributed by atoms with Gasteiger partial charge in [-0.1, -0.05) is 35.9 Å². The molecule has 1 atom stereocenters. The van der Waals surface area contributed by atoms with Gasteiger partial charge in [-0.15, -0.1) is 0 Å². The predicted molar refractivity (Wildman–Crippen MR) is 51.7 cm³/mol. The summed E-state index contributed by atoms with van der Waals surface area (Å²) >= 11 is 4.02. The van der Waals surface area contributed by atoms with Crippen LogP contribution in [0.1, 0.15) is 19.8 Å². The molecule has 0 aliphatic heterocycles. The largest absolute Gasteiger partial charge is 0.287 e. The number of alkyl halides is 1. The first kappa shape index (κ1) is 9.13. The molecule has 0 aromatic carbocycles. The Hall–Kier alpha value is 1.13. The maximum Gasteiger partial charge on any atom is 0.205 e. The van der Waals surface area contributed by atoms with E-state index in [1.807, 2.05) is 22.6 Å². The second-order valence-corrected chi connectivity index (χ2v) is 4.13. The molecule has 0 aromatic rings. The summed E-state index contributed by atoms with van der Waals surface area (Å²) in [5.41, 5.74) is 0. The van der Waals surface area contributed by atoms with Gasteiger partial charge in [-0.3, -0.25) is 4.79 Å². The maximum absolute atomic E-state index is 10.5. The second kappa shape index (κ2) is 4.96. The second-order valence-electron chi connectivity index (χ2n) is 1.56. The molecule has 0 aliphatic carbocycles. The van der Waals surface area contributed by atoms with E-state index in [0.29, 0.717) is 0 Å². The maximum atomic E-state index is 10.5. The van der Waals surface area contributed by atoms with Crippen molar-refractivity contribution in [1.29, 1.82) is 0 Å². The molecule has 0 fully saturated rings. The highest BCUT2D eigenvalue weighted by molar-refractivity contribution is 14.1. The van der Waals surface area contributed by atoms with Crippen LogP contribution in [0, 0.1) is 0 Å². The van der Waals surface area contributed by atoms with Gasteiger partial charge >= 0.3 is 0 Å². The molecule has 0 saturated carbocycles. The third kappa shape index (κ3) is 4.05. The summed E-state index contributed by atoms with van der Waals surface area (Å²) in [5.74, 6) is 0. The van der Waals surface area contributed by atoms with Crippen molar-refractivity contribution in [2.45, 2.75) is 23.7 Å². The lowest BCUT2D eigenvalue weighted by molar-refractivity contribution is -0.108. The Balaban J connectivity index is 3.32. The molecule has 0 spiro atoms. The average Bonchev–Trinajstić information content (AvgIpc) is 1.67. The summed E-state index contributed by atoms with van der Waals surface area (Å²) in [4.78, 5) is 10.5. The van der Waals surface area contributed by atoms with Crippen molar-refractivity contribution in [3.63, 3.8) is 0 Å². The van der Waals surface area contributed by atoms with Crippen molar-refractivity contribution in [1.82, 2.24) is 0 Å². The van der Waals surface area contributed by atoms with Crippen LogP contribution in [-0.4, -0.2) is 7.71 Å². The van der Waals surface area contributed by atoms with Crippen LogP contribution in [0.2, 0.25) is 0 Å². The van der Waals surface area contributed by atoms with E-state index >= 15 is 0 Å². The highest BCUT2D eigenvalue weighted by Crippen LogP contribution is 2.12. The van der Waals surface area contributed by atoms with E-state index in [0.717, 1.165) is 12.8 Å². The molecule has 0 aromatic heterocycles. The summed E-state index contributed by atoms with van der Waals surface area (Å²) in [7, 11) is 0. The van der Waals surface area contributed by atoms with Gasteiger partial charge in [0.1, 0.15) is 0 Å². The minimum absolute atomic E-state index is 0.234. The Morgan fingerprint density at radius 1 is 1.75 bits per heavy atom. The number of rotatable bonds is 3. The lowest BCUT2D eigenvalue weighted by Gasteiger charge is -1.98. The lowest BCUT2D eigenvalue weighted by Crippen LogP contribution is -2.04. The predicted octanol–water partition coefficient (Wildman–Crippen LogP) is 2.55. The van der Waals surface area contributed by atoms with Crippen LogP contribution in [0.3, 0.4) is 0 Å². The molecule has 0 N–H and O–H groups in total. The van der Waals surface area contributed by atoms with E-state index in [-0.39, 0.29) is 7.71 Å². The van der Waals surface area contributed by atoms with Crippen LogP contribution in [0.25, 0.3) is 0 Å². The third-order valence-corrected chi connectivity index (χ3v) is 3.92. The number of carbonyl (C=O) groups is 1. The zero-order valence-electron chi connectivity index (χ0n) is 4.66. The Kier molecular flexibility index (Phi) is 5.66. The van der Waals surface area contributed by atoms with Gasteiger partial charge in [-0.25, -0.2) is 0 Å². The van der Waals surface area contributed by atoms with E-state index in [1.54, 1.807) is 0 Å². The smallest absolute Gasteiger partial charge is 0.205 e. The van der Waals surface area contributed by atoms with E-state index in [1.165, 1.54) is 0 Å². The SMILES string of the molecule is CCCC(I)C(=O)I. The highest BCUT2D eigenvalue weighted by Gasteiger charge is 2.07. The Bertz CT molecular complexity index is 82.5. The molecule has 0 bridgehead atoms. The highest BCUT2D eigenvalue weighted by atomic mass is 127. The van der Waals surface area contributed by atoms with Gasteiger partial charge in [0, 0.05) is 22.6 Å². The molecule has 1 unspecified atom stereocenters. The van der Waals surface area contributed by atoms with Crippen LogP contribution in [0.5, 0.6) is 0 Å². The molecule has 0 saturated heterocycles. The normalized spacial score (nSPS) is 13.4. The molecule has 48 valence electrons. The molecule has 1 nitrogen and oxygen atoms in total. The summed E-state index contributed by atoms with van der Waals surface area (Å²) < 4.78 is 0.503. The summed E-state index contributed by atoms with van der Waals surface area (Å²) in [6.07, 6.45) is 2.12. The Morgan fingerprint density at radius 3 is 2.38 bits per heavy atom. The fraction of sp³-hybridized carbons (Fsp3) is 0.800. The molecule has 3 heteroatoms. The van der Waals surface area contributed by atoms with Gasteiger partial charge in [0.05, 0.1) is 3.92 Å². The lowest BCUT2D eigenvalue weighted by atomic mass is 10.3. The third-order valence-electron chi connectivity index (χ3n) is 0.788. The molecule has 0 heterocycles. The van der Waals surface area contributed by atoms with Gasteiger partial charge in [0.2, 0.25) is 3.79 Å². The van der Waals surface area contributed by atoms with Crippen LogP contribution < -0.4 is 0 Å². The fourth-order valence-electron chi connectivity index (χ4n) is 0.367. The van der Waals surface area contributed by atoms with Crippen LogP contribution in [-0.2, 0) is 4.79 Å². The Morgan fingerprint density at radius 2 is 2.25 bits per heavy atom. The first-order chi connectivity index (χ1) is 3.68. The van der Waals surface area contributed by atoms with Crippen molar-refractivity contribution in [2.24, 2.45) is 0 Å². The zero-order valence-corrected chi connectivity index (χ0v) is 8.97. The van der Waals surface area contributed by atoms with E-state index in [2.05, 4.69) is 29.5 Å². The van der Waals surface area contributed by atoms with Gasteiger partial charge < -0.3 is 0 Å². The Labute approximate surface area is 76.9 Å². The van der Waals surface area contributed by atoms with Gasteiger partial charge in [-0.05, 0) is 6.42 Å². The molecule has 0 radical (unpaired) electrons. The number of halogens is 2. The molecule has 0 aliphatic rings. The van der Waals surface area contributed by atoms with Crippen molar-refractivity contribution in [3.8, 4) is 0 Å². The van der Waals surface area contributed by atoms with E-state index in [4.69, 9.17) is 0 Å². The van der Waals surface area contributed by atoms with Crippen LogP contribution in [0.4, 0.5) is 0 Å². The van der Waals surface area contributed by atoms with Crippen molar-refractivity contribution >= 4 is 49.0 Å². The molecule has 0 amide bonds. The molecular weight excluding hydrogens is 330 g/mol. The topological polar surface area (TPSA) is 17.1 Å². The first-order valence-corrected chi connectivity index (χ1v) is 4.84. The van der Waals surface area contributed by atoms with Gasteiger partial charge in [-0.2, -0.15) is 0 Å². The van der Waals surface area contributed by atoms with Crippen molar-refractivity contribution < 1.29 is 4.79 Å². The zero-order chi connectivity index (χ0) is 6.57. The van der Waals surface area contributed by atoms with Crippen molar-refractivity contribution in [2.75, 3.05) is 0 Å². The number of carbonyl (C=O) groups excluding carboxylic acids is 1. The van der Waals surface area contributed by atoms with Crippen molar-refractivity contribution in [3.05, 3.63) is 0 Å². The average molecular weight is 338 g/mol. The molecule has 8 heavy (non-hydrogen) atoms. The van der Waals surface area contributed by atoms with Gasteiger partial charge in [0.25, 0.3) is 0 Å². The number of hydrogen-bond acceptors (Lipinski definition) is 1.